The summed E-state index contributed by atoms with van der Waals surface area (Å²) in [5, 5.41) is 20.3. The summed E-state index contributed by atoms with van der Waals surface area (Å²) in [5.74, 6) is 2.75. The Kier molecular flexibility index (Phi) is 2.89. The molecule has 0 aromatic carbocycles. The topological polar surface area (TPSA) is 40.5 Å². The van der Waals surface area contributed by atoms with Gasteiger partial charge in [-0.2, -0.15) is 0 Å². The van der Waals surface area contributed by atoms with Crippen LogP contribution in [0.15, 0.2) is 23.5 Å². The molecule has 2 heteroatoms. The van der Waals surface area contributed by atoms with Crippen LogP contribution in [0.2, 0.25) is 0 Å². The van der Waals surface area contributed by atoms with E-state index in [1.807, 2.05) is 0 Å². The number of allylic oxidation sites excluding steroid dienone is 3. The van der Waals surface area contributed by atoms with Crippen molar-refractivity contribution in [3.8, 4) is 0 Å². The van der Waals surface area contributed by atoms with Crippen molar-refractivity contribution in [1.82, 2.24) is 0 Å². The molecule has 4 unspecified atom stereocenters. The van der Waals surface area contributed by atoms with E-state index in [2.05, 4.69) is 26.0 Å². The molecule has 6 atom stereocenters. The first kappa shape index (κ1) is 13.9. The van der Waals surface area contributed by atoms with E-state index in [1.54, 1.807) is 0 Å². The molecular weight excluding hydrogens is 260 g/mol. The summed E-state index contributed by atoms with van der Waals surface area (Å²) >= 11 is 0. The third-order valence-corrected chi connectivity index (χ3v) is 7.62. The second-order valence-corrected chi connectivity index (χ2v) is 8.44. The standard InChI is InChI=1S/C19H28O2/c1-18-9-7-13(20)11-12(18)3-4-14-15-5-6-17(21)19(15,2)10-8-16(14)18/h3,6,13-16,20-21H,4-5,7-11H2,1-2H3/t13?,14?,15?,16?,18-,19-/m0/s1. The highest BCUT2D eigenvalue weighted by atomic mass is 16.3. The zero-order valence-corrected chi connectivity index (χ0v) is 13.3. The van der Waals surface area contributed by atoms with Gasteiger partial charge < -0.3 is 10.2 Å². The van der Waals surface area contributed by atoms with E-state index in [0.29, 0.717) is 23.0 Å². The van der Waals surface area contributed by atoms with Gasteiger partial charge in [-0.25, -0.2) is 0 Å². The molecule has 0 bridgehead atoms. The molecule has 21 heavy (non-hydrogen) atoms. The highest BCUT2D eigenvalue weighted by molar-refractivity contribution is 5.27. The summed E-state index contributed by atoms with van der Waals surface area (Å²) in [6.45, 7) is 4.73. The van der Waals surface area contributed by atoms with Crippen molar-refractivity contribution in [3.05, 3.63) is 23.5 Å². The van der Waals surface area contributed by atoms with Crippen LogP contribution in [-0.4, -0.2) is 16.3 Å². The molecule has 0 aliphatic heterocycles. The van der Waals surface area contributed by atoms with E-state index in [9.17, 15) is 10.2 Å². The van der Waals surface area contributed by atoms with Crippen molar-refractivity contribution in [3.63, 3.8) is 0 Å². The van der Waals surface area contributed by atoms with Crippen molar-refractivity contribution in [2.45, 2.75) is 64.9 Å². The second kappa shape index (κ2) is 4.38. The van der Waals surface area contributed by atoms with E-state index >= 15 is 0 Å². The summed E-state index contributed by atoms with van der Waals surface area (Å²) in [6, 6.07) is 0. The van der Waals surface area contributed by atoms with Crippen molar-refractivity contribution in [1.29, 1.82) is 0 Å². The smallest absolute Gasteiger partial charge is 0.0944 e. The Morgan fingerprint density at radius 3 is 2.57 bits per heavy atom. The molecule has 2 saturated carbocycles. The van der Waals surface area contributed by atoms with Gasteiger partial charge in [0.25, 0.3) is 0 Å². The van der Waals surface area contributed by atoms with E-state index < -0.39 is 0 Å². The number of hydrogen-bond donors (Lipinski definition) is 2. The van der Waals surface area contributed by atoms with Crippen LogP contribution in [0.4, 0.5) is 0 Å². The molecule has 116 valence electrons. The second-order valence-electron chi connectivity index (χ2n) is 8.44. The molecule has 0 saturated heterocycles. The van der Waals surface area contributed by atoms with Crippen molar-refractivity contribution < 1.29 is 10.2 Å². The average Bonchev–Trinajstić information content (AvgIpc) is 2.76. The maximum Gasteiger partial charge on any atom is 0.0944 e. The van der Waals surface area contributed by atoms with Crippen LogP contribution in [0.25, 0.3) is 0 Å². The number of aliphatic hydroxyl groups is 2. The molecule has 0 spiro atoms. The van der Waals surface area contributed by atoms with Crippen molar-refractivity contribution in [2.75, 3.05) is 0 Å². The summed E-state index contributed by atoms with van der Waals surface area (Å²) in [7, 11) is 0. The Labute approximate surface area is 127 Å². The largest absolute Gasteiger partial charge is 0.512 e. The predicted molar refractivity (Wildman–Crippen MR) is 83.8 cm³/mol. The van der Waals surface area contributed by atoms with Crippen LogP contribution in [0, 0.1) is 28.6 Å². The maximum absolute atomic E-state index is 10.3. The Hall–Kier alpha value is -0.760. The van der Waals surface area contributed by atoms with Gasteiger partial charge in [0.1, 0.15) is 0 Å². The lowest BCUT2D eigenvalue weighted by molar-refractivity contribution is -0.0391. The average molecular weight is 288 g/mol. The minimum Gasteiger partial charge on any atom is -0.512 e. The molecule has 0 amide bonds. The summed E-state index contributed by atoms with van der Waals surface area (Å²) in [6.07, 6.45) is 12.0. The Bertz CT molecular complexity index is 520. The van der Waals surface area contributed by atoms with E-state index in [0.717, 1.165) is 44.4 Å². The van der Waals surface area contributed by atoms with Crippen LogP contribution in [0.3, 0.4) is 0 Å². The maximum atomic E-state index is 10.3. The predicted octanol–water partition coefficient (Wildman–Crippen LogP) is 4.36. The first-order valence-electron chi connectivity index (χ1n) is 8.72. The monoisotopic (exact) mass is 288 g/mol. The van der Waals surface area contributed by atoms with Gasteiger partial charge >= 0.3 is 0 Å². The molecule has 2 N–H and O–H groups in total. The minimum atomic E-state index is -0.119. The van der Waals surface area contributed by atoms with E-state index in [1.165, 1.54) is 12.0 Å². The molecule has 0 heterocycles. The highest BCUT2D eigenvalue weighted by Crippen LogP contribution is 2.64. The fourth-order valence-corrected chi connectivity index (χ4v) is 6.19. The number of rotatable bonds is 0. The quantitative estimate of drug-likeness (QED) is 0.650. The Morgan fingerprint density at radius 2 is 1.76 bits per heavy atom. The fourth-order valence-electron chi connectivity index (χ4n) is 6.19. The molecule has 2 nitrogen and oxygen atoms in total. The number of hydrogen-bond acceptors (Lipinski definition) is 2. The van der Waals surface area contributed by atoms with Crippen LogP contribution in [-0.2, 0) is 0 Å². The van der Waals surface area contributed by atoms with Gasteiger partial charge in [0.05, 0.1) is 11.9 Å². The van der Waals surface area contributed by atoms with Crippen molar-refractivity contribution >= 4 is 0 Å². The van der Waals surface area contributed by atoms with Crippen LogP contribution in [0.1, 0.15) is 58.8 Å². The van der Waals surface area contributed by atoms with E-state index in [-0.39, 0.29) is 11.5 Å². The first-order valence-corrected chi connectivity index (χ1v) is 8.72. The first-order chi connectivity index (χ1) is 9.95. The van der Waals surface area contributed by atoms with Crippen LogP contribution < -0.4 is 0 Å². The number of fused-ring (bicyclic) bond motifs is 5. The zero-order chi connectivity index (χ0) is 14.8. The SMILES string of the molecule is C[C@]12CCC(O)CC1=CCC1C2CC[C@]2(C)C(O)=CCC12. The fraction of sp³-hybridized carbons (Fsp3) is 0.789. The van der Waals surface area contributed by atoms with Gasteiger partial charge in [0.2, 0.25) is 0 Å². The summed E-state index contributed by atoms with van der Waals surface area (Å²) < 4.78 is 0. The van der Waals surface area contributed by atoms with Gasteiger partial charge in [-0.1, -0.05) is 25.5 Å². The lowest BCUT2D eigenvalue weighted by Crippen LogP contribution is -2.49. The summed E-state index contributed by atoms with van der Waals surface area (Å²) in [5.41, 5.74) is 1.87. The van der Waals surface area contributed by atoms with Gasteiger partial charge in [-0.3, -0.25) is 0 Å². The van der Waals surface area contributed by atoms with Gasteiger partial charge in [-0.15, -0.1) is 0 Å². The third-order valence-electron chi connectivity index (χ3n) is 7.62. The molecule has 4 aliphatic rings. The van der Waals surface area contributed by atoms with Gasteiger partial charge in [0.15, 0.2) is 0 Å². The molecule has 0 radical (unpaired) electrons. The summed E-state index contributed by atoms with van der Waals surface area (Å²) in [4.78, 5) is 0. The third kappa shape index (κ3) is 1.75. The zero-order valence-electron chi connectivity index (χ0n) is 13.3. The Balaban J connectivity index is 1.68. The van der Waals surface area contributed by atoms with Crippen LogP contribution >= 0.6 is 0 Å². The molecule has 0 aromatic heterocycles. The molecule has 2 fully saturated rings. The van der Waals surface area contributed by atoms with Crippen molar-refractivity contribution in [2.24, 2.45) is 28.6 Å². The lowest BCUT2D eigenvalue weighted by atomic mass is 9.48. The van der Waals surface area contributed by atoms with Gasteiger partial charge in [-0.05, 0) is 74.2 Å². The van der Waals surface area contributed by atoms with Gasteiger partial charge in [0, 0.05) is 5.41 Å². The normalized spacial score (nSPS) is 52.3. The molecule has 4 aliphatic carbocycles. The highest BCUT2D eigenvalue weighted by Gasteiger charge is 2.56. The molecular formula is C19H28O2. The van der Waals surface area contributed by atoms with Crippen LogP contribution in [0.5, 0.6) is 0 Å². The Morgan fingerprint density at radius 1 is 1.00 bits per heavy atom. The van der Waals surface area contributed by atoms with E-state index in [4.69, 9.17) is 0 Å². The molecule has 4 rings (SSSR count). The molecule has 0 aromatic rings. The lowest BCUT2D eigenvalue weighted by Gasteiger charge is -2.57. The number of aliphatic hydroxyl groups excluding tert-OH is 2. The minimum absolute atomic E-state index is 0.0387.